The molecule has 2 N–H and O–H groups in total. The van der Waals surface area contributed by atoms with Gasteiger partial charge >= 0.3 is 6.18 Å². The molecule has 0 radical (unpaired) electrons. The van der Waals surface area contributed by atoms with E-state index in [0.29, 0.717) is 12.5 Å². The van der Waals surface area contributed by atoms with E-state index in [2.05, 4.69) is 0 Å². The van der Waals surface area contributed by atoms with Crippen molar-refractivity contribution in [2.45, 2.75) is 50.7 Å². The maximum absolute atomic E-state index is 12.1. The van der Waals surface area contributed by atoms with Gasteiger partial charge in [0.05, 0.1) is 6.42 Å². The highest BCUT2D eigenvalue weighted by atomic mass is 19.4. The van der Waals surface area contributed by atoms with Gasteiger partial charge in [0, 0.05) is 19.1 Å². The van der Waals surface area contributed by atoms with Crippen LogP contribution in [0.4, 0.5) is 13.2 Å². The Morgan fingerprint density at radius 2 is 1.82 bits per heavy atom. The Labute approximate surface area is 101 Å². The zero-order chi connectivity index (χ0) is 12.9. The molecule has 2 nitrogen and oxygen atoms in total. The molecular formula is C12H23F3N2. The van der Waals surface area contributed by atoms with Crippen LogP contribution < -0.4 is 5.73 Å². The van der Waals surface area contributed by atoms with Crippen molar-refractivity contribution in [3.8, 4) is 0 Å². The minimum Gasteiger partial charge on any atom is -0.327 e. The normalized spacial score (nSPS) is 27.2. The predicted octanol–water partition coefficient (Wildman–Crippen LogP) is 2.78. The Morgan fingerprint density at radius 3 is 2.47 bits per heavy atom. The maximum Gasteiger partial charge on any atom is 0.390 e. The summed E-state index contributed by atoms with van der Waals surface area (Å²) in [6.07, 6.45) is 0.798. The molecule has 17 heavy (non-hydrogen) atoms. The molecule has 0 aromatic heterocycles. The number of alkyl halides is 3. The molecule has 2 atom stereocenters. The van der Waals surface area contributed by atoms with Crippen molar-refractivity contribution in [1.29, 1.82) is 0 Å². The topological polar surface area (TPSA) is 29.3 Å². The van der Waals surface area contributed by atoms with Crippen LogP contribution in [0.2, 0.25) is 0 Å². The quantitative estimate of drug-likeness (QED) is 0.780. The summed E-state index contributed by atoms with van der Waals surface area (Å²) in [5.41, 5.74) is 6.06. The molecule has 0 bridgehead atoms. The molecule has 1 aliphatic carbocycles. The minimum atomic E-state index is -4.06. The summed E-state index contributed by atoms with van der Waals surface area (Å²) in [5.74, 6) is 0.357. The van der Waals surface area contributed by atoms with Gasteiger partial charge in [-0.15, -0.1) is 0 Å². The van der Waals surface area contributed by atoms with Gasteiger partial charge in [0.1, 0.15) is 0 Å². The lowest BCUT2D eigenvalue weighted by Gasteiger charge is -2.27. The molecule has 0 aliphatic heterocycles. The highest BCUT2D eigenvalue weighted by Gasteiger charge is 2.28. The van der Waals surface area contributed by atoms with Crippen molar-refractivity contribution in [2.75, 3.05) is 20.1 Å². The molecule has 0 heterocycles. The molecule has 0 amide bonds. The van der Waals surface area contributed by atoms with Crippen LogP contribution in [0.25, 0.3) is 0 Å². The molecular weight excluding hydrogens is 229 g/mol. The van der Waals surface area contributed by atoms with Gasteiger partial charge < -0.3 is 10.6 Å². The van der Waals surface area contributed by atoms with Crippen molar-refractivity contribution < 1.29 is 13.2 Å². The molecule has 0 spiro atoms. The third-order valence-electron chi connectivity index (χ3n) is 3.54. The van der Waals surface area contributed by atoms with Crippen LogP contribution in [-0.2, 0) is 0 Å². The van der Waals surface area contributed by atoms with Gasteiger partial charge in [-0.25, -0.2) is 0 Å². The summed E-state index contributed by atoms with van der Waals surface area (Å²) in [4.78, 5) is 1.77. The van der Waals surface area contributed by atoms with Gasteiger partial charge in [-0.05, 0) is 25.8 Å². The van der Waals surface area contributed by atoms with Crippen LogP contribution >= 0.6 is 0 Å². The summed E-state index contributed by atoms with van der Waals surface area (Å²) in [6, 6.07) is 0.158. The highest BCUT2D eigenvalue weighted by Crippen LogP contribution is 2.24. The molecule has 2 unspecified atom stereocenters. The number of nitrogens with zero attached hydrogens (tertiary/aromatic N) is 1. The smallest absolute Gasteiger partial charge is 0.327 e. The summed E-state index contributed by atoms with van der Waals surface area (Å²) >= 11 is 0. The second-order valence-corrected chi connectivity index (χ2v) is 5.19. The van der Waals surface area contributed by atoms with Crippen LogP contribution in [0.1, 0.15) is 38.5 Å². The van der Waals surface area contributed by atoms with Gasteiger partial charge in [-0.3, -0.25) is 0 Å². The van der Waals surface area contributed by atoms with Gasteiger partial charge in [0.15, 0.2) is 0 Å². The number of hydrogen-bond acceptors (Lipinski definition) is 2. The zero-order valence-electron chi connectivity index (χ0n) is 10.5. The first-order valence-electron chi connectivity index (χ1n) is 6.39. The molecule has 1 aliphatic rings. The molecule has 5 heteroatoms. The van der Waals surface area contributed by atoms with Crippen molar-refractivity contribution in [1.82, 2.24) is 4.90 Å². The lowest BCUT2D eigenvalue weighted by molar-refractivity contribution is -0.137. The van der Waals surface area contributed by atoms with Crippen molar-refractivity contribution in [2.24, 2.45) is 11.7 Å². The number of hydrogen-bond donors (Lipinski definition) is 1. The molecule has 0 aromatic carbocycles. The minimum absolute atomic E-state index is 0.0761. The van der Waals surface area contributed by atoms with Crippen LogP contribution in [0.15, 0.2) is 0 Å². The van der Waals surface area contributed by atoms with E-state index in [4.69, 9.17) is 5.73 Å². The Kier molecular flexibility index (Phi) is 5.73. The number of halogens is 3. The Bertz CT molecular complexity index is 218. The first-order valence-corrected chi connectivity index (χ1v) is 6.39. The van der Waals surface area contributed by atoms with E-state index in [9.17, 15) is 13.2 Å². The van der Waals surface area contributed by atoms with E-state index in [1.807, 2.05) is 0 Å². The summed E-state index contributed by atoms with van der Waals surface area (Å²) in [5, 5.41) is 0. The van der Waals surface area contributed by atoms with Crippen LogP contribution in [0.3, 0.4) is 0 Å². The Hall–Kier alpha value is -0.290. The van der Waals surface area contributed by atoms with Gasteiger partial charge in [0.2, 0.25) is 0 Å². The van der Waals surface area contributed by atoms with E-state index >= 15 is 0 Å². The number of nitrogens with two attached hydrogens (primary N) is 1. The van der Waals surface area contributed by atoms with E-state index < -0.39 is 12.6 Å². The average Bonchev–Trinajstić information content (AvgIpc) is 2.41. The fourth-order valence-electron chi connectivity index (χ4n) is 2.45. The van der Waals surface area contributed by atoms with E-state index in [0.717, 1.165) is 25.7 Å². The molecule has 102 valence electrons. The van der Waals surface area contributed by atoms with Gasteiger partial charge in [0.25, 0.3) is 0 Å². The Morgan fingerprint density at radius 1 is 1.18 bits per heavy atom. The number of rotatable bonds is 4. The van der Waals surface area contributed by atoms with Gasteiger partial charge in [-0.2, -0.15) is 13.2 Å². The highest BCUT2D eigenvalue weighted by molar-refractivity contribution is 4.78. The largest absolute Gasteiger partial charge is 0.390 e. The second kappa shape index (κ2) is 6.59. The second-order valence-electron chi connectivity index (χ2n) is 5.19. The summed E-state index contributed by atoms with van der Waals surface area (Å²) < 4.78 is 36.3. The average molecular weight is 252 g/mol. The van der Waals surface area contributed by atoms with Crippen molar-refractivity contribution in [3.05, 3.63) is 0 Å². The van der Waals surface area contributed by atoms with Crippen molar-refractivity contribution in [3.63, 3.8) is 0 Å². The standard InChI is InChI=1S/C12H23F3N2/c1-17(8-7-12(13,14)15)9-10-5-3-2-4-6-11(10)16/h10-11H,2-9,16H2,1H3. The third kappa shape index (κ3) is 6.27. The van der Waals surface area contributed by atoms with Crippen LogP contribution in [0, 0.1) is 5.92 Å². The van der Waals surface area contributed by atoms with Crippen LogP contribution in [0.5, 0.6) is 0 Å². The maximum atomic E-state index is 12.1. The SMILES string of the molecule is CN(CCC(F)(F)F)CC1CCCCCC1N. The zero-order valence-corrected chi connectivity index (χ0v) is 10.5. The molecule has 1 saturated carbocycles. The van der Waals surface area contributed by atoms with E-state index in [1.165, 1.54) is 6.42 Å². The lowest BCUT2D eigenvalue weighted by atomic mass is 9.95. The Balaban J connectivity index is 2.30. The predicted molar refractivity (Wildman–Crippen MR) is 62.7 cm³/mol. The third-order valence-corrected chi connectivity index (χ3v) is 3.54. The lowest BCUT2D eigenvalue weighted by Crippen LogP contribution is -2.38. The van der Waals surface area contributed by atoms with Crippen molar-refractivity contribution >= 4 is 0 Å². The fraction of sp³-hybridized carbons (Fsp3) is 1.00. The molecule has 0 saturated heterocycles. The van der Waals surface area contributed by atoms with E-state index in [-0.39, 0.29) is 12.6 Å². The monoisotopic (exact) mass is 252 g/mol. The summed E-state index contributed by atoms with van der Waals surface area (Å²) in [7, 11) is 1.75. The summed E-state index contributed by atoms with van der Waals surface area (Å²) in [6.45, 7) is 0.768. The molecule has 1 fully saturated rings. The van der Waals surface area contributed by atoms with Crippen LogP contribution in [-0.4, -0.2) is 37.3 Å². The van der Waals surface area contributed by atoms with E-state index in [1.54, 1.807) is 11.9 Å². The first kappa shape index (κ1) is 14.8. The molecule has 0 aromatic rings. The fourth-order valence-corrected chi connectivity index (χ4v) is 2.45. The van der Waals surface area contributed by atoms with Gasteiger partial charge in [-0.1, -0.05) is 19.3 Å². The first-order chi connectivity index (χ1) is 7.88. The molecule has 1 rings (SSSR count).